The van der Waals surface area contributed by atoms with Crippen molar-refractivity contribution in [3.63, 3.8) is 0 Å². The van der Waals surface area contributed by atoms with E-state index >= 15 is 0 Å². The number of carbonyl (C=O) groups excluding carboxylic acids is 1. The van der Waals surface area contributed by atoms with E-state index in [-0.39, 0.29) is 5.97 Å². The molecule has 0 atom stereocenters. The third-order valence-corrected chi connectivity index (χ3v) is 5.41. The normalized spacial score (nSPS) is 17.0. The van der Waals surface area contributed by atoms with E-state index in [2.05, 4.69) is 30.1 Å². The van der Waals surface area contributed by atoms with Gasteiger partial charge in [0.2, 0.25) is 0 Å². The molecule has 0 saturated carbocycles. The Kier molecular flexibility index (Phi) is 7.85. The summed E-state index contributed by atoms with van der Waals surface area (Å²) in [6, 6.07) is 0. The Morgan fingerprint density at radius 3 is 2.81 bits per heavy atom. The number of rotatable bonds is 7. The minimum Gasteiger partial charge on any atom is -0.461 e. The predicted octanol–water partition coefficient (Wildman–Crippen LogP) is 3.47. The molecular weight excluding hydrogens is 240 g/mol. The van der Waals surface area contributed by atoms with Crippen molar-refractivity contribution < 1.29 is 9.53 Å². The van der Waals surface area contributed by atoms with Crippen LogP contribution < -0.4 is 0 Å². The summed E-state index contributed by atoms with van der Waals surface area (Å²) in [6.45, 7) is 3.85. The van der Waals surface area contributed by atoms with Crippen LogP contribution in [0.4, 0.5) is 0 Å². The van der Waals surface area contributed by atoms with Crippen molar-refractivity contribution >= 4 is 29.5 Å². The number of thioether (sulfide) groups is 2. The van der Waals surface area contributed by atoms with Crippen LogP contribution in [0.1, 0.15) is 32.1 Å². The van der Waals surface area contributed by atoms with Crippen LogP contribution in [0, 0.1) is 0 Å². The standard InChI is InChI=1S/C12H20O2S2/c1-2-8-14-11(13)6-3-4-7-12-15-9-5-10-16-12/h2,12H,1,3-10H2. The number of esters is 1. The highest BCUT2D eigenvalue weighted by Crippen LogP contribution is 2.33. The third kappa shape index (κ3) is 6.48. The van der Waals surface area contributed by atoms with Gasteiger partial charge in [0.05, 0.1) is 4.58 Å². The predicted molar refractivity (Wildman–Crippen MR) is 72.9 cm³/mol. The molecule has 1 aliphatic rings. The second kappa shape index (κ2) is 8.99. The molecule has 0 aromatic carbocycles. The summed E-state index contributed by atoms with van der Waals surface area (Å²) in [7, 11) is 0. The van der Waals surface area contributed by atoms with Crippen LogP contribution in [0.15, 0.2) is 12.7 Å². The average molecular weight is 260 g/mol. The fraction of sp³-hybridized carbons (Fsp3) is 0.750. The molecule has 0 radical (unpaired) electrons. The molecule has 0 amide bonds. The van der Waals surface area contributed by atoms with Gasteiger partial charge in [-0.05, 0) is 30.8 Å². The van der Waals surface area contributed by atoms with E-state index in [1.165, 1.54) is 24.3 Å². The molecule has 1 saturated heterocycles. The molecule has 1 heterocycles. The summed E-state index contributed by atoms with van der Waals surface area (Å²) in [4.78, 5) is 11.2. The van der Waals surface area contributed by atoms with Gasteiger partial charge in [-0.1, -0.05) is 19.1 Å². The molecule has 0 bridgehead atoms. The first kappa shape index (κ1) is 14.0. The number of hydrogen-bond acceptors (Lipinski definition) is 4. The van der Waals surface area contributed by atoms with Gasteiger partial charge in [0.25, 0.3) is 0 Å². The maximum absolute atomic E-state index is 11.2. The number of unbranched alkanes of at least 4 members (excludes halogenated alkanes) is 1. The molecule has 92 valence electrons. The monoisotopic (exact) mass is 260 g/mol. The SMILES string of the molecule is C=CCOC(=O)CCCCC1SCCCS1. The Hall–Kier alpha value is -0.0900. The Morgan fingerprint density at radius 2 is 2.12 bits per heavy atom. The number of hydrogen-bond donors (Lipinski definition) is 0. The third-order valence-electron chi connectivity index (χ3n) is 2.33. The van der Waals surface area contributed by atoms with Gasteiger partial charge in [0, 0.05) is 6.42 Å². The van der Waals surface area contributed by atoms with E-state index < -0.39 is 0 Å². The van der Waals surface area contributed by atoms with Gasteiger partial charge in [0.15, 0.2) is 0 Å². The summed E-state index contributed by atoms with van der Waals surface area (Å²) in [5.41, 5.74) is 0. The molecule has 0 aromatic rings. The molecular formula is C12H20O2S2. The van der Waals surface area contributed by atoms with E-state index in [0.29, 0.717) is 13.0 Å². The van der Waals surface area contributed by atoms with E-state index in [9.17, 15) is 4.79 Å². The Balaban J connectivity index is 1.94. The van der Waals surface area contributed by atoms with Crippen molar-refractivity contribution in [2.75, 3.05) is 18.1 Å². The van der Waals surface area contributed by atoms with Gasteiger partial charge in [0.1, 0.15) is 6.61 Å². The fourth-order valence-corrected chi connectivity index (χ4v) is 4.47. The first-order valence-corrected chi connectivity index (χ1v) is 7.92. The van der Waals surface area contributed by atoms with Crippen molar-refractivity contribution in [1.29, 1.82) is 0 Å². The molecule has 1 fully saturated rings. The van der Waals surface area contributed by atoms with Crippen LogP contribution in [0.25, 0.3) is 0 Å². The zero-order valence-corrected chi connectivity index (χ0v) is 11.3. The van der Waals surface area contributed by atoms with Crippen molar-refractivity contribution in [3.8, 4) is 0 Å². The minimum atomic E-state index is -0.0937. The lowest BCUT2D eigenvalue weighted by molar-refractivity contribution is -0.142. The van der Waals surface area contributed by atoms with E-state index in [4.69, 9.17) is 4.74 Å². The summed E-state index contributed by atoms with van der Waals surface area (Å²) in [5.74, 6) is 2.52. The van der Waals surface area contributed by atoms with Crippen LogP contribution in [0.2, 0.25) is 0 Å². The molecule has 1 rings (SSSR count). The minimum absolute atomic E-state index is 0.0937. The smallest absolute Gasteiger partial charge is 0.306 e. The first-order chi connectivity index (χ1) is 7.83. The quantitative estimate of drug-likeness (QED) is 0.398. The van der Waals surface area contributed by atoms with E-state index in [1.54, 1.807) is 6.08 Å². The van der Waals surface area contributed by atoms with Crippen LogP contribution in [-0.2, 0) is 9.53 Å². The van der Waals surface area contributed by atoms with Gasteiger partial charge in [-0.25, -0.2) is 0 Å². The maximum atomic E-state index is 11.2. The van der Waals surface area contributed by atoms with E-state index in [0.717, 1.165) is 17.4 Å². The van der Waals surface area contributed by atoms with Gasteiger partial charge in [-0.3, -0.25) is 4.79 Å². The summed E-state index contributed by atoms with van der Waals surface area (Å²) >= 11 is 4.14. The van der Waals surface area contributed by atoms with Gasteiger partial charge >= 0.3 is 5.97 Å². The number of carbonyl (C=O) groups is 1. The zero-order valence-electron chi connectivity index (χ0n) is 9.65. The summed E-state index contributed by atoms with van der Waals surface area (Å²) < 4.78 is 5.68. The van der Waals surface area contributed by atoms with Crippen molar-refractivity contribution in [1.82, 2.24) is 0 Å². The van der Waals surface area contributed by atoms with Crippen molar-refractivity contribution in [2.45, 2.75) is 36.7 Å². The molecule has 0 spiro atoms. The van der Waals surface area contributed by atoms with Crippen LogP contribution >= 0.6 is 23.5 Å². The van der Waals surface area contributed by atoms with Gasteiger partial charge in [-0.15, -0.1) is 23.5 Å². The highest BCUT2D eigenvalue weighted by atomic mass is 32.2. The Bertz CT molecular complexity index is 213. The molecule has 0 unspecified atom stereocenters. The highest BCUT2D eigenvalue weighted by Gasteiger charge is 2.13. The highest BCUT2D eigenvalue weighted by molar-refractivity contribution is 8.17. The van der Waals surface area contributed by atoms with E-state index in [1.807, 2.05) is 0 Å². The van der Waals surface area contributed by atoms with Crippen LogP contribution in [-0.4, -0.2) is 28.7 Å². The molecule has 16 heavy (non-hydrogen) atoms. The fourth-order valence-electron chi connectivity index (χ4n) is 1.51. The topological polar surface area (TPSA) is 26.3 Å². The zero-order chi connectivity index (χ0) is 11.6. The molecule has 1 aliphatic heterocycles. The lowest BCUT2D eigenvalue weighted by Gasteiger charge is -2.20. The largest absolute Gasteiger partial charge is 0.461 e. The molecule has 0 N–H and O–H groups in total. The molecule has 0 aliphatic carbocycles. The molecule has 4 heteroatoms. The molecule has 0 aromatic heterocycles. The lowest BCUT2D eigenvalue weighted by Crippen LogP contribution is -2.07. The van der Waals surface area contributed by atoms with Crippen molar-refractivity contribution in [3.05, 3.63) is 12.7 Å². The van der Waals surface area contributed by atoms with Crippen molar-refractivity contribution in [2.24, 2.45) is 0 Å². The van der Waals surface area contributed by atoms with Gasteiger partial charge in [-0.2, -0.15) is 0 Å². The Labute approximate surface area is 107 Å². The van der Waals surface area contributed by atoms with Gasteiger partial charge < -0.3 is 4.74 Å². The average Bonchev–Trinajstić information content (AvgIpc) is 2.33. The lowest BCUT2D eigenvalue weighted by atomic mass is 10.2. The first-order valence-electron chi connectivity index (χ1n) is 5.82. The maximum Gasteiger partial charge on any atom is 0.306 e. The molecule has 2 nitrogen and oxygen atoms in total. The second-order valence-electron chi connectivity index (χ2n) is 3.74. The summed E-state index contributed by atoms with van der Waals surface area (Å²) in [6.07, 6.45) is 6.81. The number of ether oxygens (including phenoxy) is 1. The van der Waals surface area contributed by atoms with Crippen LogP contribution in [0.5, 0.6) is 0 Å². The Morgan fingerprint density at radius 1 is 1.38 bits per heavy atom. The van der Waals surface area contributed by atoms with Crippen LogP contribution in [0.3, 0.4) is 0 Å². The summed E-state index contributed by atoms with van der Waals surface area (Å²) in [5, 5.41) is 0. The second-order valence-corrected chi connectivity index (χ2v) is 6.66.